The van der Waals surface area contributed by atoms with Crippen molar-refractivity contribution >= 4 is 11.2 Å². The molecular formula is C26H28FN5O3. The van der Waals surface area contributed by atoms with E-state index in [1.165, 1.54) is 25.2 Å². The van der Waals surface area contributed by atoms with Crippen molar-refractivity contribution in [3.8, 4) is 11.8 Å². The number of nitrogens with zero attached hydrogens (tertiary/aromatic N) is 4. The number of nitrogens with two attached hydrogens (primary N) is 1. The Bertz CT molecular complexity index is 1310. The lowest BCUT2D eigenvalue weighted by molar-refractivity contribution is -0.190. The number of benzene rings is 1. The third kappa shape index (κ3) is 4.00. The molecule has 3 aromatic rings. The van der Waals surface area contributed by atoms with Gasteiger partial charge in [0.05, 0.1) is 23.6 Å². The molecule has 8 nitrogen and oxygen atoms in total. The molecule has 2 saturated heterocycles. The van der Waals surface area contributed by atoms with E-state index in [0.717, 1.165) is 18.5 Å². The first-order chi connectivity index (χ1) is 16.9. The van der Waals surface area contributed by atoms with Crippen LogP contribution < -0.4 is 5.73 Å². The molecule has 1 saturated carbocycles. The molecule has 1 aromatic carbocycles. The zero-order valence-electron chi connectivity index (χ0n) is 19.7. The molecule has 6 rings (SSSR count). The van der Waals surface area contributed by atoms with Crippen molar-refractivity contribution in [2.45, 2.75) is 75.9 Å². The van der Waals surface area contributed by atoms with Crippen LogP contribution in [0.1, 0.15) is 63.1 Å². The Labute approximate surface area is 203 Å². The Hall–Kier alpha value is -2.90. The Kier molecular flexibility index (Phi) is 5.57. The van der Waals surface area contributed by atoms with Crippen LogP contribution in [0.25, 0.3) is 11.2 Å². The van der Waals surface area contributed by atoms with Gasteiger partial charge < -0.3 is 19.9 Å². The fourth-order valence-corrected chi connectivity index (χ4v) is 5.47. The van der Waals surface area contributed by atoms with Crippen molar-refractivity contribution in [1.29, 1.82) is 0 Å². The average Bonchev–Trinajstić information content (AvgIpc) is 3.62. The maximum Gasteiger partial charge on any atom is 0.167 e. The Morgan fingerprint density at radius 2 is 1.89 bits per heavy atom. The summed E-state index contributed by atoms with van der Waals surface area (Å²) in [5, 5.41) is 0. The summed E-state index contributed by atoms with van der Waals surface area (Å²) < 4.78 is 34.6. The fraction of sp³-hybridized carbons (Fsp3) is 0.500. The van der Waals surface area contributed by atoms with Gasteiger partial charge in [0.15, 0.2) is 17.7 Å². The van der Waals surface area contributed by atoms with E-state index in [9.17, 15) is 4.39 Å². The molecule has 2 aromatic heterocycles. The van der Waals surface area contributed by atoms with E-state index < -0.39 is 30.3 Å². The number of imidazole rings is 1. The van der Waals surface area contributed by atoms with Gasteiger partial charge in [0.2, 0.25) is 0 Å². The van der Waals surface area contributed by atoms with Gasteiger partial charge in [-0.15, -0.1) is 0 Å². The Balaban J connectivity index is 1.35. The summed E-state index contributed by atoms with van der Waals surface area (Å²) in [6.07, 6.45) is 5.73. The molecule has 2 aliphatic heterocycles. The van der Waals surface area contributed by atoms with E-state index in [2.05, 4.69) is 26.8 Å². The van der Waals surface area contributed by atoms with Crippen molar-refractivity contribution in [3.05, 3.63) is 54.0 Å². The van der Waals surface area contributed by atoms with Crippen LogP contribution in [0.3, 0.4) is 0 Å². The van der Waals surface area contributed by atoms with Crippen molar-refractivity contribution < 1.29 is 18.6 Å². The fourth-order valence-electron chi connectivity index (χ4n) is 5.47. The molecule has 2 N–H and O–H groups in total. The first kappa shape index (κ1) is 22.6. The zero-order valence-corrected chi connectivity index (χ0v) is 19.7. The number of fused-ring (bicyclic) bond motifs is 2. The molecule has 0 radical (unpaired) electrons. The summed E-state index contributed by atoms with van der Waals surface area (Å²) in [6, 6.07) is 6.21. The molecular weight excluding hydrogens is 449 g/mol. The molecule has 3 fully saturated rings. The predicted octanol–water partition coefficient (Wildman–Crippen LogP) is 3.62. The molecule has 5 unspecified atom stereocenters. The van der Waals surface area contributed by atoms with E-state index in [1.54, 1.807) is 24.5 Å². The molecule has 0 bridgehead atoms. The van der Waals surface area contributed by atoms with Gasteiger partial charge in [-0.05, 0) is 44.7 Å². The quantitative estimate of drug-likeness (QED) is 0.576. The van der Waals surface area contributed by atoms with Gasteiger partial charge >= 0.3 is 0 Å². The van der Waals surface area contributed by atoms with Crippen LogP contribution >= 0.6 is 0 Å². The molecule has 4 heterocycles. The summed E-state index contributed by atoms with van der Waals surface area (Å²) >= 11 is 0. The van der Waals surface area contributed by atoms with Crippen LogP contribution in [-0.4, -0.2) is 43.6 Å². The molecule has 1 aliphatic carbocycles. The second-order valence-corrected chi connectivity index (χ2v) is 9.91. The van der Waals surface area contributed by atoms with Crippen LogP contribution in [-0.2, 0) is 14.2 Å². The highest BCUT2D eigenvalue weighted by Gasteiger charge is 2.56. The van der Waals surface area contributed by atoms with Crippen molar-refractivity contribution in [2.75, 3.05) is 0 Å². The zero-order chi connectivity index (χ0) is 24.2. The summed E-state index contributed by atoms with van der Waals surface area (Å²) in [4.78, 5) is 13.6. The third-order valence-corrected chi connectivity index (χ3v) is 7.14. The van der Waals surface area contributed by atoms with E-state index in [1.807, 2.05) is 18.4 Å². The van der Waals surface area contributed by atoms with Crippen LogP contribution in [0, 0.1) is 23.6 Å². The predicted molar refractivity (Wildman–Crippen MR) is 125 cm³/mol. The van der Waals surface area contributed by atoms with Crippen LogP contribution in [0.4, 0.5) is 4.39 Å². The first-order valence-electron chi connectivity index (χ1n) is 12.1. The minimum atomic E-state index is -0.809. The smallest absolute Gasteiger partial charge is 0.167 e. The largest absolute Gasteiger partial charge is 0.341 e. The molecule has 3 aliphatic rings. The molecule has 0 amide bonds. The lowest BCUT2D eigenvalue weighted by Gasteiger charge is -2.23. The molecule has 9 heteroatoms. The average molecular weight is 478 g/mol. The van der Waals surface area contributed by atoms with Crippen molar-refractivity contribution in [3.63, 3.8) is 0 Å². The summed E-state index contributed by atoms with van der Waals surface area (Å²) in [5.41, 5.74) is 8.98. The number of hydrogen-bond acceptors (Lipinski definition) is 7. The van der Waals surface area contributed by atoms with E-state index in [-0.39, 0.29) is 11.9 Å². The lowest BCUT2D eigenvalue weighted by Crippen LogP contribution is -2.28. The maximum atomic E-state index is 14.1. The number of ether oxygens (including phenoxy) is 3. The van der Waals surface area contributed by atoms with E-state index in [0.29, 0.717) is 22.6 Å². The monoisotopic (exact) mass is 477 g/mol. The summed E-state index contributed by atoms with van der Waals surface area (Å²) in [7, 11) is 0. The number of rotatable bonds is 3. The molecule has 5 atom stereocenters. The van der Waals surface area contributed by atoms with Gasteiger partial charge in [-0.3, -0.25) is 4.57 Å². The highest BCUT2D eigenvalue weighted by Crippen LogP contribution is 2.44. The standard InChI is InChI=1S/C26H28FN5O3/c1-26(2)34-22-18(12-11-15-7-5-6-10-17(15)27)33-25(23(22)35-26)32-14-31-21-20(29-13-30-24(21)32)19(28)16-8-3-4-9-16/h5-7,10,13-14,16,18-19,22-23,25H,3-4,8-9,28H2,1-2H3. The number of halogens is 1. The van der Waals surface area contributed by atoms with Gasteiger partial charge in [0.25, 0.3) is 0 Å². The third-order valence-electron chi connectivity index (χ3n) is 7.14. The van der Waals surface area contributed by atoms with E-state index >= 15 is 0 Å². The number of aromatic nitrogens is 4. The second kappa shape index (κ2) is 8.64. The minimum absolute atomic E-state index is 0.187. The van der Waals surface area contributed by atoms with Crippen LogP contribution in [0.15, 0.2) is 36.9 Å². The lowest BCUT2D eigenvalue weighted by atomic mass is 9.95. The summed E-state index contributed by atoms with van der Waals surface area (Å²) in [6.45, 7) is 3.72. The molecule has 182 valence electrons. The second-order valence-electron chi connectivity index (χ2n) is 9.91. The normalized spacial score (nSPS) is 28.7. The van der Waals surface area contributed by atoms with Gasteiger partial charge in [0.1, 0.15) is 36.0 Å². The van der Waals surface area contributed by atoms with Gasteiger partial charge in [-0.2, -0.15) is 0 Å². The van der Waals surface area contributed by atoms with Gasteiger partial charge in [0, 0.05) is 0 Å². The molecule has 0 spiro atoms. The van der Waals surface area contributed by atoms with Crippen LogP contribution in [0.2, 0.25) is 0 Å². The van der Waals surface area contributed by atoms with Gasteiger partial charge in [-0.25, -0.2) is 19.3 Å². The van der Waals surface area contributed by atoms with Crippen molar-refractivity contribution in [1.82, 2.24) is 19.5 Å². The topological polar surface area (TPSA) is 97.3 Å². The minimum Gasteiger partial charge on any atom is -0.341 e. The Morgan fingerprint density at radius 3 is 2.69 bits per heavy atom. The highest BCUT2D eigenvalue weighted by molar-refractivity contribution is 5.73. The van der Waals surface area contributed by atoms with Crippen LogP contribution in [0.5, 0.6) is 0 Å². The Morgan fingerprint density at radius 1 is 1.11 bits per heavy atom. The SMILES string of the molecule is CC1(C)OC2C(C#Cc3ccccc3F)OC(n3cnc4c(C(N)C5CCCC5)ncnc43)C2O1. The first-order valence-corrected chi connectivity index (χ1v) is 12.1. The summed E-state index contributed by atoms with van der Waals surface area (Å²) in [5.74, 6) is 5.16. The maximum absolute atomic E-state index is 14.1. The van der Waals surface area contributed by atoms with Gasteiger partial charge in [-0.1, -0.05) is 36.8 Å². The highest BCUT2D eigenvalue weighted by atomic mass is 19.1. The van der Waals surface area contributed by atoms with Crippen molar-refractivity contribution in [2.24, 2.45) is 11.7 Å². The molecule has 35 heavy (non-hydrogen) atoms. The van der Waals surface area contributed by atoms with E-state index in [4.69, 9.17) is 19.9 Å². The number of hydrogen-bond donors (Lipinski definition) is 1.